The van der Waals surface area contributed by atoms with Gasteiger partial charge in [-0.15, -0.1) is 0 Å². The minimum Gasteiger partial charge on any atom is -0.491 e. The van der Waals surface area contributed by atoms with Crippen molar-refractivity contribution >= 4 is 5.69 Å². The molecule has 2 rings (SSSR count). The highest BCUT2D eigenvalue weighted by atomic mass is 16.5. The highest BCUT2D eigenvalue weighted by Crippen LogP contribution is 2.24. The molecule has 1 aromatic rings. The summed E-state index contributed by atoms with van der Waals surface area (Å²) in [6.07, 6.45) is 2.53. The van der Waals surface area contributed by atoms with Crippen LogP contribution in [0.2, 0.25) is 0 Å². The molecule has 0 spiro atoms. The molecule has 1 saturated heterocycles. The van der Waals surface area contributed by atoms with Crippen molar-refractivity contribution in [2.24, 2.45) is 5.92 Å². The van der Waals surface area contributed by atoms with Gasteiger partial charge in [0.1, 0.15) is 5.75 Å². The number of benzene rings is 1. The maximum Gasteiger partial charge on any atom is 0.142 e. The summed E-state index contributed by atoms with van der Waals surface area (Å²) in [6.45, 7) is 5.16. The second-order valence-electron chi connectivity index (χ2n) is 5.12. The molecule has 0 aromatic heterocycles. The van der Waals surface area contributed by atoms with Crippen molar-refractivity contribution in [1.29, 1.82) is 0 Å². The third kappa shape index (κ3) is 3.37. The zero-order valence-electron chi connectivity index (χ0n) is 10.8. The first kappa shape index (κ1) is 12.2. The van der Waals surface area contributed by atoms with Gasteiger partial charge in [0, 0.05) is 12.5 Å². The molecule has 2 N–H and O–H groups in total. The van der Waals surface area contributed by atoms with Gasteiger partial charge in [-0.25, -0.2) is 0 Å². The molecular weight excluding hydrogens is 212 g/mol. The topological polar surface area (TPSA) is 38.5 Å². The number of nitrogens with two attached hydrogens (primary N) is 1. The van der Waals surface area contributed by atoms with Crippen LogP contribution in [0.1, 0.15) is 18.4 Å². The van der Waals surface area contributed by atoms with E-state index in [1.807, 2.05) is 25.1 Å². The molecule has 3 nitrogen and oxygen atoms in total. The molecule has 0 aliphatic carbocycles. The maximum absolute atomic E-state index is 5.93. The molecule has 17 heavy (non-hydrogen) atoms. The number of hydrogen-bond acceptors (Lipinski definition) is 3. The lowest BCUT2D eigenvalue weighted by Crippen LogP contribution is -2.34. The van der Waals surface area contributed by atoms with E-state index < -0.39 is 0 Å². The molecule has 94 valence electrons. The van der Waals surface area contributed by atoms with E-state index in [1.54, 1.807) is 0 Å². The van der Waals surface area contributed by atoms with Crippen molar-refractivity contribution < 1.29 is 4.74 Å². The number of rotatable bonds is 3. The van der Waals surface area contributed by atoms with E-state index in [1.165, 1.54) is 24.9 Å². The number of nitrogen functional groups attached to an aromatic ring is 1. The van der Waals surface area contributed by atoms with Gasteiger partial charge in [0.15, 0.2) is 0 Å². The highest BCUT2D eigenvalue weighted by Gasteiger charge is 2.17. The van der Waals surface area contributed by atoms with Gasteiger partial charge in [0.25, 0.3) is 0 Å². The molecule has 0 amide bonds. The Morgan fingerprint density at radius 2 is 2.29 bits per heavy atom. The van der Waals surface area contributed by atoms with Gasteiger partial charge in [-0.05, 0) is 51.1 Å². The van der Waals surface area contributed by atoms with Crippen molar-refractivity contribution in [3.8, 4) is 5.75 Å². The van der Waals surface area contributed by atoms with Crippen molar-refractivity contribution in [3.05, 3.63) is 23.8 Å². The van der Waals surface area contributed by atoms with Crippen LogP contribution in [0.4, 0.5) is 5.69 Å². The standard InChI is InChI=1S/C14H22N2O/c1-11-5-6-14(13(15)8-11)17-10-12-4-3-7-16(2)9-12/h5-6,8,12H,3-4,7,9-10,15H2,1-2H3/t12-/m0/s1. The molecule has 1 atom stereocenters. The zero-order chi connectivity index (χ0) is 12.3. The average molecular weight is 234 g/mol. The van der Waals surface area contributed by atoms with Crippen molar-refractivity contribution in [3.63, 3.8) is 0 Å². The third-order valence-corrected chi connectivity index (χ3v) is 3.36. The largest absolute Gasteiger partial charge is 0.491 e. The summed E-state index contributed by atoms with van der Waals surface area (Å²) in [6, 6.07) is 5.97. The number of anilines is 1. The van der Waals surface area contributed by atoms with Crippen molar-refractivity contribution in [2.75, 3.05) is 32.5 Å². The Morgan fingerprint density at radius 1 is 1.47 bits per heavy atom. The zero-order valence-corrected chi connectivity index (χ0v) is 10.8. The Labute approximate surface area is 104 Å². The molecule has 1 aromatic carbocycles. The molecule has 0 radical (unpaired) electrons. The molecule has 1 aliphatic heterocycles. The molecule has 0 bridgehead atoms. The molecule has 0 saturated carbocycles. The Balaban J connectivity index is 1.88. The summed E-state index contributed by atoms with van der Waals surface area (Å²) in [5.74, 6) is 1.46. The third-order valence-electron chi connectivity index (χ3n) is 3.36. The molecule has 3 heteroatoms. The van der Waals surface area contributed by atoms with Gasteiger partial charge in [-0.1, -0.05) is 6.07 Å². The number of ether oxygens (including phenoxy) is 1. The number of nitrogens with zero attached hydrogens (tertiary/aromatic N) is 1. The predicted molar refractivity (Wildman–Crippen MR) is 71.3 cm³/mol. The van der Waals surface area contributed by atoms with E-state index >= 15 is 0 Å². The van der Waals surface area contributed by atoms with Crippen molar-refractivity contribution in [1.82, 2.24) is 4.90 Å². The lowest BCUT2D eigenvalue weighted by molar-refractivity contribution is 0.151. The molecule has 0 unspecified atom stereocenters. The predicted octanol–water partition coefficient (Wildman–Crippen LogP) is 2.30. The lowest BCUT2D eigenvalue weighted by Gasteiger charge is -2.29. The van der Waals surface area contributed by atoms with E-state index in [4.69, 9.17) is 10.5 Å². The molecule has 1 fully saturated rings. The Kier molecular flexibility index (Phi) is 3.89. The van der Waals surface area contributed by atoms with E-state index in [2.05, 4.69) is 11.9 Å². The Morgan fingerprint density at radius 3 is 3.00 bits per heavy atom. The lowest BCUT2D eigenvalue weighted by atomic mass is 9.99. The Bertz CT molecular complexity index is 378. The summed E-state index contributed by atoms with van der Waals surface area (Å²) in [5, 5.41) is 0. The fourth-order valence-corrected chi connectivity index (χ4v) is 2.42. The minimum absolute atomic E-state index is 0.634. The first-order chi connectivity index (χ1) is 8.15. The monoisotopic (exact) mass is 234 g/mol. The van der Waals surface area contributed by atoms with Gasteiger partial charge in [-0.2, -0.15) is 0 Å². The van der Waals surface area contributed by atoms with Crippen molar-refractivity contribution in [2.45, 2.75) is 19.8 Å². The van der Waals surface area contributed by atoms with Crippen LogP contribution in [0.25, 0.3) is 0 Å². The minimum atomic E-state index is 0.634. The fraction of sp³-hybridized carbons (Fsp3) is 0.571. The van der Waals surface area contributed by atoms with Gasteiger partial charge in [0.05, 0.1) is 12.3 Å². The van der Waals surface area contributed by atoms with Crippen LogP contribution < -0.4 is 10.5 Å². The molecule has 1 aliphatic rings. The first-order valence-corrected chi connectivity index (χ1v) is 6.32. The van der Waals surface area contributed by atoms with Gasteiger partial charge in [-0.3, -0.25) is 0 Å². The normalized spacial score (nSPS) is 21.4. The average Bonchev–Trinajstić information content (AvgIpc) is 2.28. The van der Waals surface area contributed by atoms with Crippen LogP contribution in [0, 0.1) is 12.8 Å². The quantitative estimate of drug-likeness (QED) is 0.816. The number of hydrogen-bond donors (Lipinski definition) is 1. The van der Waals surface area contributed by atoms with E-state index in [9.17, 15) is 0 Å². The van der Waals surface area contributed by atoms with Crippen LogP contribution in [0.5, 0.6) is 5.75 Å². The highest BCUT2D eigenvalue weighted by molar-refractivity contribution is 5.53. The van der Waals surface area contributed by atoms with Crippen LogP contribution in [0.3, 0.4) is 0 Å². The fourth-order valence-electron chi connectivity index (χ4n) is 2.42. The second-order valence-corrected chi connectivity index (χ2v) is 5.12. The number of aryl methyl sites for hydroxylation is 1. The number of piperidine rings is 1. The van der Waals surface area contributed by atoms with E-state index in [0.29, 0.717) is 5.92 Å². The summed E-state index contributed by atoms with van der Waals surface area (Å²) in [4.78, 5) is 2.37. The molecular formula is C14H22N2O. The van der Waals surface area contributed by atoms with Crippen LogP contribution >= 0.6 is 0 Å². The SMILES string of the molecule is Cc1ccc(OC[C@H]2CCCN(C)C2)c(N)c1. The first-order valence-electron chi connectivity index (χ1n) is 6.32. The second kappa shape index (κ2) is 5.41. The summed E-state index contributed by atoms with van der Waals surface area (Å²) in [7, 11) is 2.17. The van der Waals surface area contributed by atoms with Gasteiger partial charge < -0.3 is 15.4 Å². The van der Waals surface area contributed by atoms with E-state index in [0.717, 1.165) is 24.6 Å². The maximum atomic E-state index is 5.93. The summed E-state index contributed by atoms with van der Waals surface area (Å²) in [5.41, 5.74) is 7.85. The van der Waals surface area contributed by atoms with E-state index in [-0.39, 0.29) is 0 Å². The number of likely N-dealkylation sites (tertiary alicyclic amines) is 1. The van der Waals surface area contributed by atoms with Crippen LogP contribution in [-0.4, -0.2) is 31.6 Å². The summed E-state index contributed by atoms with van der Waals surface area (Å²) < 4.78 is 5.83. The van der Waals surface area contributed by atoms with Gasteiger partial charge in [0.2, 0.25) is 0 Å². The summed E-state index contributed by atoms with van der Waals surface area (Å²) >= 11 is 0. The van der Waals surface area contributed by atoms with Crippen LogP contribution in [-0.2, 0) is 0 Å². The smallest absolute Gasteiger partial charge is 0.142 e. The van der Waals surface area contributed by atoms with Crippen LogP contribution in [0.15, 0.2) is 18.2 Å². The molecule has 1 heterocycles. The van der Waals surface area contributed by atoms with Gasteiger partial charge >= 0.3 is 0 Å². The Hall–Kier alpha value is -1.22.